The predicted molar refractivity (Wildman–Crippen MR) is 56.6 cm³/mol. The zero-order valence-corrected chi connectivity index (χ0v) is 8.98. The highest BCUT2D eigenvalue weighted by atomic mass is 32.2. The third kappa shape index (κ3) is 2.78. The van der Waals surface area contributed by atoms with Crippen LogP contribution in [0.1, 0.15) is 26.3 Å². The monoisotopic (exact) mass is 191 g/mol. The lowest BCUT2D eigenvalue weighted by atomic mass is 9.87. The molecule has 0 aromatic heterocycles. The van der Waals surface area contributed by atoms with Crippen LogP contribution in [0.25, 0.3) is 0 Å². The first-order valence-electron chi connectivity index (χ1n) is 4.20. The molecule has 0 spiro atoms. The minimum Gasteiger partial charge on any atom is -0.185 e. The van der Waals surface area contributed by atoms with Crippen LogP contribution in [0.15, 0.2) is 29.2 Å². The number of thioether (sulfide) groups is 1. The van der Waals surface area contributed by atoms with Crippen LogP contribution < -0.4 is 0 Å². The molecule has 0 aliphatic heterocycles. The van der Waals surface area contributed by atoms with Crippen molar-refractivity contribution >= 4 is 11.8 Å². The number of benzene rings is 1. The van der Waals surface area contributed by atoms with Crippen LogP contribution >= 0.6 is 11.8 Å². The summed E-state index contributed by atoms with van der Waals surface area (Å²) in [5.41, 5.74) is 1.43. The van der Waals surface area contributed by atoms with Gasteiger partial charge < -0.3 is 0 Å². The maximum Gasteiger partial charge on any atom is 0.138 e. The van der Waals surface area contributed by atoms with Crippen LogP contribution in [-0.4, -0.2) is 0 Å². The molecule has 0 bridgehead atoms. The first kappa shape index (κ1) is 10.1. The van der Waals surface area contributed by atoms with E-state index in [1.807, 2.05) is 12.1 Å². The summed E-state index contributed by atoms with van der Waals surface area (Å²) in [6, 6.07) is 8.14. The molecule has 0 amide bonds. The Balaban J connectivity index is 3.00. The summed E-state index contributed by atoms with van der Waals surface area (Å²) in [6.07, 6.45) is 0. The summed E-state index contributed by atoms with van der Waals surface area (Å²) in [7, 11) is 0. The average molecular weight is 191 g/mol. The highest BCUT2D eigenvalue weighted by Crippen LogP contribution is 2.26. The van der Waals surface area contributed by atoms with E-state index >= 15 is 0 Å². The van der Waals surface area contributed by atoms with Crippen LogP contribution in [0.4, 0.5) is 0 Å². The van der Waals surface area contributed by atoms with E-state index in [2.05, 4.69) is 38.3 Å². The van der Waals surface area contributed by atoms with E-state index in [9.17, 15) is 0 Å². The van der Waals surface area contributed by atoms with Crippen molar-refractivity contribution in [1.29, 1.82) is 5.26 Å². The smallest absolute Gasteiger partial charge is 0.138 e. The van der Waals surface area contributed by atoms with E-state index < -0.39 is 0 Å². The molecule has 1 rings (SSSR count). The topological polar surface area (TPSA) is 23.8 Å². The molecular weight excluding hydrogens is 178 g/mol. The van der Waals surface area contributed by atoms with Crippen molar-refractivity contribution in [3.63, 3.8) is 0 Å². The van der Waals surface area contributed by atoms with Gasteiger partial charge in [0.25, 0.3) is 0 Å². The van der Waals surface area contributed by atoms with Crippen molar-refractivity contribution in [3.05, 3.63) is 29.8 Å². The van der Waals surface area contributed by atoms with Crippen LogP contribution in [0.3, 0.4) is 0 Å². The Morgan fingerprint density at radius 1 is 1.31 bits per heavy atom. The van der Waals surface area contributed by atoms with E-state index in [1.165, 1.54) is 17.3 Å². The summed E-state index contributed by atoms with van der Waals surface area (Å²) in [5, 5.41) is 10.6. The van der Waals surface area contributed by atoms with Gasteiger partial charge in [0.05, 0.1) is 0 Å². The third-order valence-corrected chi connectivity index (χ3v) is 2.44. The lowest BCUT2D eigenvalue weighted by Gasteiger charge is -2.19. The first-order chi connectivity index (χ1) is 6.04. The molecule has 0 fully saturated rings. The number of nitriles is 1. The van der Waals surface area contributed by atoms with Crippen LogP contribution in [0, 0.1) is 10.7 Å². The Bertz CT molecular complexity index is 331. The molecule has 0 saturated carbocycles. The van der Waals surface area contributed by atoms with Gasteiger partial charge in [-0.25, -0.2) is 0 Å². The van der Waals surface area contributed by atoms with E-state index in [-0.39, 0.29) is 5.41 Å². The molecule has 0 heterocycles. The Hall–Kier alpha value is -0.940. The van der Waals surface area contributed by atoms with Gasteiger partial charge in [0, 0.05) is 4.90 Å². The second-order valence-corrected chi connectivity index (χ2v) is 4.83. The number of thiocyanates is 1. The molecule has 0 aliphatic carbocycles. The van der Waals surface area contributed by atoms with Gasteiger partial charge in [-0.05, 0) is 34.9 Å². The summed E-state index contributed by atoms with van der Waals surface area (Å²) in [4.78, 5) is 1.02. The average Bonchev–Trinajstić information content (AvgIpc) is 2.04. The maximum absolute atomic E-state index is 8.53. The van der Waals surface area contributed by atoms with Crippen molar-refractivity contribution in [2.45, 2.75) is 31.1 Å². The Labute approximate surface area is 83.8 Å². The summed E-state index contributed by atoms with van der Waals surface area (Å²) < 4.78 is 0. The maximum atomic E-state index is 8.53. The van der Waals surface area contributed by atoms with Gasteiger partial charge in [-0.2, -0.15) is 5.26 Å². The molecule has 1 nitrogen and oxygen atoms in total. The number of rotatable bonds is 1. The van der Waals surface area contributed by atoms with E-state index in [0.29, 0.717) is 0 Å². The Morgan fingerprint density at radius 2 is 2.00 bits per heavy atom. The Morgan fingerprint density at radius 3 is 2.54 bits per heavy atom. The second-order valence-electron chi connectivity index (χ2n) is 3.97. The van der Waals surface area contributed by atoms with Gasteiger partial charge in [0.15, 0.2) is 0 Å². The second kappa shape index (κ2) is 3.85. The summed E-state index contributed by atoms with van der Waals surface area (Å²) >= 11 is 1.21. The fraction of sp³-hybridized carbons (Fsp3) is 0.364. The number of hydrogen-bond acceptors (Lipinski definition) is 2. The molecule has 0 aliphatic rings. The molecule has 2 heteroatoms. The molecule has 0 radical (unpaired) electrons. The number of nitrogens with zero attached hydrogens (tertiary/aromatic N) is 1. The molecule has 68 valence electrons. The molecule has 0 saturated heterocycles. The zero-order valence-electron chi connectivity index (χ0n) is 8.16. The SMILES string of the molecule is CC(C)(C)c1cccc(SC#N)c1. The molecule has 0 N–H and O–H groups in total. The quantitative estimate of drug-likeness (QED) is 0.500. The lowest BCUT2D eigenvalue weighted by Crippen LogP contribution is -2.10. The Kier molecular flexibility index (Phi) is 3.00. The van der Waals surface area contributed by atoms with E-state index in [1.54, 1.807) is 0 Å². The van der Waals surface area contributed by atoms with Gasteiger partial charge in [-0.15, -0.1) is 0 Å². The van der Waals surface area contributed by atoms with Gasteiger partial charge in [-0.3, -0.25) is 0 Å². The largest absolute Gasteiger partial charge is 0.185 e. The standard InChI is InChI=1S/C11H13NS/c1-11(2,3)9-5-4-6-10(7-9)13-8-12/h4-7H,1-3H3. The molecule has 13 heavy (non-hydrogen) atoms. The van der Waals surface area contributed by atoms with Crippen molar-refractivity contribution < 1.29 is 0 Å². The van der Waals surface area contributed by atoms with Crippen molar-refractivity contribution in [2.75, 3.05) is 0 Å². The highest BCUT2D eigenvalue weighted by Gasteiger charge is 2.13. The van der Waals surface area contributed by atoms with Crippen LogP contribution in [0.2, 0.25) is 0 Å². The van der Waals surface area contributed by atoms with Crippen molar-refractivity contribution in [2.24, 2.45) is 0 Å². The van der Waals surface area contributed by atoms with E-state index in [0.717, 1.165) is 4.90 Å². The normalized spacial score (nSPS) is 10.9. The highest BCUT2D eigenvalue weighted by molar-refractivity contribution is 8.03. The number of hydrogen-bond donors (Lipinski definition) is 0. The van der Waals surface area contributed by atoms with Crippen molar-refractivity contribution in [1.82, 2.24) is 0 Å². The molecular formula is C11H13NS. The fourth-order valence-corrected chi connectivity index (χ4v) is 1.52. The van der Waals surface area contributed by atoms with Gasteiger partial charge in [0.2, 0.25) is 0 Å². The van der Waals surface area contributed by atoms with Crippen molar-refractivity contribution in [3.8, 4) is 5.40 Å². The van der Waals surface area contributed by atoms with Gasteiger partial charge in [-0.1, -0.05) is 32.9 Å². The summed E-state index contributed by atoms with van der Waals surface area (Å²) in [5.74, 6) is 0. The molecule has 1 aromatic carbocycles. The fourth-order valence-electron chi connectivity index (χ4n) is 1.08. The molecule has 1 aromatic rings. The predicted octanol–water partition coefficient (Wildman–Crippen LogP) is 3.56. The van der Waals surface area contributed by atoms with Crippen LogP contribution in [-0.2, 0) is 5.41 Å². The lowest BCUT2D eigenvalue weighted by molar-refractivity contribution is 0.588. The molecule has 0 atom stereocenters. The van der Waals surface area contributed by atoms with E-state index in [4.69, 9.17) is 5.26 Å². The van der Waals surface area contributed by atoms with Gasteiger partial charge in [0.1, 0.15) is 5.40 Å². The first-order valence-corrected chi connectivity index (χ1v) is 5.02. The zero-order chi connectivity index (χ0) is 9.90. The minimum atomic E-state index is 0.159. The molecule has 0 unspecified atom stereocenters. The van der Waals surface area contributed by atoms with Crippen LogP contribution in [0.5, 0.6) is 0 Å². The minimum absolute atomic E-state index is 0.159. The summed E-state index contributed by atoms with van der Waals surface area (Å²) in [6.45, 7) is 6.51. The van der Waals surface area contributed by atoms with Gasteiger partial charge >= 0.3 is 0 Å². The third-order valence-electron chi connectivity index (χ3n) is 1.86.